The highest BCUT2D eigenvalue weighted by atomic mass is 79.9. The average molecular weight is 507 g/mol. The summed E-state index contributed by atoms with van der Waals surface area (Å²) >= 11 is 9.39. The third kappa shape index (κ3) is 6.26. The smallest absolute Gasteiger partial charge is 0.274 e. The summed E-state index contributed by atoms with van der Waals surface area (Å²) in [4.78, 5) is 16.0. The second-order valence-corrected chi connectivity index (χ2v) is 7.43. The standard InChI is InChI=1S/C22H18BrClFN3O3/c1-2-30-19-11-15(12-27-28-22(29)17-4-3-9-26-21(17)24)10-18(23)20(19)31-13-14-5-7-16(25)8-6-14/h3-12H,2,13H2,1H3,(H,28,29). The third-order valence-electron chi connectivity index (χ3n) is 4.01. The third-order valence-corrected chi connectivity index (χ3v) is 4.90. The molecule has 31 heavy (non-hydrogen) atoms. The molecule has 0 saturated carbocycles. The molecule has 0 aliphatic rings. The first-order chi connectivity index (χ1) is 15.0. The predicted molar refractivity (Wildman–Crippen MR) is 120 cm³/mol. The van der Waals surface area contributed by atoms with E-state index >= 15 is 0 Å². The maximum absolute atomic E-state index is 13.1. The molecule has 0 aliphatic heterocycles. The van der Waals surface area contributed by atoms with Gasteiger partial charge in [0.1, 0.15) is 17.6 Å². The lowest BCUT2D eigenvalue weighted by Gasteiger charge is -2.14. The number of nitrogens with one attached hydrogen (secondary N) is 1. The summed E-state index contributed by atoms with van der Waals surface area (Å²) < 4.78 is 25.3. The summed E-state index contributed by atoms with van der Waals surface area (Å²) in [5.41, 5.74) is 4.12. The minimum Gasteiger partial charge on any atom is -0.490 e. The fourth-order valence-electron chi connectivity index (χ4n) is 2.58. The van der Waals surface area contributed by atoms with Crippen molar-refractivity contribution < 1.29 is 18.7 Å². The highest BCUT2D eigenvalue weighted by molar-refractivity contribution is 9.10. The van der Waals surface area contributed by atoms with Gasteiger partial charge in [0.15, 0.2) is 11.5 Å². The van der Waals surface area contributed by atoms with Gasteiger partial charge in [0.2, 0.25) is 0 Å². The molecule has 0 saturated heterocycles. The number of benzene rings is 2. The fourth-order valence-corrected chi connectivity index (χ4v) is 3.36. The highest BCUT2D eigenvalue weighted by Gasteiger charge is 2.13. The van der Waals surface area contributed by atoms with Crippen LogP contribution in [-0.2, 0) is 6.61 Å². The largest absolute Gasteiger partial charge is 0.490 e. The monoisotopic (exact) mass is 505 g/mol. The summed E-state index contributed by atoms with van der Waals surface area (Å²) in [6.45, 7) is 2.53. The van der Waals surface area contributed by atoms with Crippen molar-refractivity contribution in [3.63, 3.8) is 0 Å². The van der Waals surface area contributed by atoms with Crippen molar-refractivity contribution in [2.45, 2.75) is 13.5 Å². The minimum absolute atomic E-state index is 0.0965. The molecule has 1 amide bonds. The molecule has 2 aromatic carbocycles. The minimum atomic E-state index is -0.474. The number of carbonyl (C=O) groups excluding carboxylic acids is 1. The average Bonchev–Trinajstić information content (AvgIpc) is 2.75. The van der Waals surface area contributed by atoms with Crippen molar-refractivity contribution in [2.24, 2.45) is 5.10 Å². The van der Waals surface area contributed by atoms with Gasteiger partial charge in [-0.15, -0.1) is 0 Å². The molecule has 1 N–H and O–H groups in total. The number of rotatable bonds is 8. The number of ether oxygens (including phenoxy) is 2. The topological polar surface area (TPSA) is 72.8 Å². The zero-order chi connectivity index (χ0) is 22.2. The van der Waals surface area contributed by atoms with Gasteiger partial charge in [0, 0.05) is 6.20 Å². The van der Waals surface area contributed by atoms with E-state index in [9.17, 15) is 9.18 Å². The Bertz CT molecular complexity index is 1090. The molecule has 0 spiro atoms. The van der Waals surface area contributed by atoms with E-state index in [2.05, 4.69) is 31.4 Å². The van der Waals surface area contributed by atoms with Crippen molar-refractivity contribution in [3.8, 4) is 11.5 Å². The quantitative estimate of drug-likeness (QED) is 0.253. The molecule has 160 valence electrons. The molecule has 6 nitrogen and oxygen atoms in total. The number of halogens is 3. The van der Waals surface area contributed by atoms with Crippen LogP contribution in [0.3, 0.4) is 0 Å². The zero-order valence-electron chi connectivity index (χ0n) is 16.4. The van der Waals surface area contributed by atoms with Gasteiger partial charge in [0.05, 0.1) is 22.9 Å². The number of carbonyl (C=O) groups is 1. The van der Waals surface area contributed by atoms with E-state index in [1.807, 2.05) is 6.92 Å². The van der Waals surface area contributed by atoms with Crippen LogP contribution in [0.5, 0.6) is 11.5 Å². The van der Waals surface area contributed by atoms with Crippen LogP contribution in [0.4, 0.5) is 4.39 Å². The molecule has 0 atom stereocenters. The Balaban J connectivity index is 1.73. The van der Waals surface area contributed by atoms with Gasteiger partial charge < -0.3 is 9.47 Å². The molecule has 3 aromatic rings. The lowest BCUT2D eigenvalue weighted by Crippen LogP contribution is -2.18. The van der Waals surface area contributed by atoms with Crippen LogP contribution in [0.25, 0.3) is 0 Å². The van der Waals surface area contributed by atoms with Gasteiger partial charge in [-0.05, 0) is 70.4 Å². The highest BCUT2D eigenvalue weighted by Crippen LogP contribution is 2.37. The normalized spacial score (nSPS) is 10.8. The number of aromatic nitrogens is 1. The molecule has 0 fully saturated rings. The SMILES string of the molecule is CCOc1cc(C=NNC(=O)c2cccnc2Cl)cc(Br)c1OCc1ccc(F)cc1. The molecule has 0 aliphatic carbocycles. The first kappa shape index (κ1) is 22.7. The Morgan fingerprint density at radius 2 is 2.03 bits per heavy atom. The second-order valence-electron chi connectivity index (χ2n) is 6.22. The van der Waals surface area contributed by atoms with Crippen LogP contribution in [0.15, 0.2) is 64.3 Å². The molecule has 1 aromatic heterocycles. The van der Waals surface area contributed by atoms with E-state index in [4.69, 9.17) is 21.1 Å². The number of hydrogen-bond donors (Lipinski definition) is 1. The van der Waals surface area contributed by atoms with E-state index < -0.39 is 5.91 Å². The van der Waals surface area contributed by atoms with E-state index in [1.54, 1.807) is 36.4 Å². The lowest BCUT2D eigenvalue weighted by molar-refractivity contribution is 0.0955. The summed E-state index contributed by atoms with van der Waals surface area (Å²) in [5, 5.41) is 4.07. The molecular weight excluding hydrogens is 489 g/mol. The van der Waals surface area contributed by atoms with Gasteiger partial charge in [-0.3, -0.25) is 4.79 Å². The number of amides is 1. The Hall–Kier alpha value is -2.97. The number of hydrazone groups is 1. The Kier molecular flexibility index (Phi) is 7.97. The van der Waals surface area contributed by atoms with E-state index in [0.717, 1.165) is 5.56 Å². The molecule has 0 bridgehead atoms. The summed E-state index contributed by atoms with van der Waals surface area (Å²) in [6.07, 6.45) is 2.97. The first-order valence-electron chi connectivity index (χ1n) is 9.25. The molecule has 0 unspecified atom stereocenters. The summed E-state index contributed by atoms with van der Waals surface area (Å²) in [5.74, 6) is 0.232. The van der Waals surface area contributed by atoms with Crippen LogP contribution >= 0.6 is 27.5 Å². The van der Waals surface area contributed by atoms with E-state index in [-0.39, 0.29) is 23.1 Å². The Morgan fingerprint density at radius 1 is 1.26 bits per heavy atom. The second kappa shape index (κ2) is 10.9. The van der Waals surface area contributed by atoms with Crippen LogP contribution in [0, 0.1) is 5.82 Å². The zero-order valence-corrected chi connectivity index (χ0v) is 18.8. The number of nitrogens with zero attached hydrogens (tertiary/aromatic N) is 2. The van der Waals surface area contributed by atoms with E-state index in [1.165, 1.54) is 24.5 Å². The van der Waals surface area contributed by atoms with Crippen LogP contribution in [-0.4, -0.2) is 23.7 Å². The van der Waals surface area contributed by atoms with E-state index in [0.29, 0.717) is 28.1 Å². The predicted octanol–water partition coefficient (Wildman–Crippen LogP) is 5.38. The van der Waals surface area contributed by atoms with Gasteiger partial charge in [-0.25, -0.2) is 14.8 Å². The fraction of sp³-hybridized carbons (Fsp3) is 0.136. The number of hydrogen-bond acceptors (Lipinski definition) is 5. The van der Waals surface area contributed by atoms with Crippen LogP contribution in [0.1, 0.15) is 28.4 Å². The first-order valence-corrected chi connectivity index (χ1v) is 10.4. The van der Waals surface area contributed by atoms with Crippen LogP contribution < -0.4 is 14.9 Å². The molecule has 1 heterocycles. The summed E-state index contributed by atoms with van der Waals surface area (Å²) in [7, 11) is 0. The van der Waals surface area contributed by atoms with Gasteiger partial charge in [0.25, 0.3) is 5.91 Å². The van der Waals surface area contributed by atoms with Crippen molar-refractivity contribution in [1.29, 1.82) is 0 Å². The van der Waals surface area contributed by atoms with Crippen molar-refractivity contribution in [3.05, 3.63) is 86.9 Å². The van der Waals surface area contributed by atoms with Crippen molar-refractivity contribution in [2.75, 3.05) is 6.61 Å². The van der Waals surface area contributed by atoms with Gasteiger partial charge >= 0.3 is 0 Å². The molecule has 9 heteroatoms. The molecule has 3 rings (SSSR count). The lowest BCUT2D eigenvalue weighted by atomic mass is 10.2. The van der Waals surface area contributed by atoms with Crippen LogP contribution in [0.2, 0.25) is 5.15 Å². The molecular formula is C22H18BrClFN3O3. The maximum Gasteiger partial charge on any atom is 0.274 e. The Morgan fingerprint density at radius 3 is 2.74 bits per heavy atom. The number of pyridine rings is 1. The van der Waals surface area contributed by atoms with Gasteiger partial charge in [-0.2, -0.15) is 5.10 Å². The molecule has 0 radical (unpaired) electrons. The van der Waals surface area contributed by atoms with Gasteiger partial charge in [-0.1, -0.05) is 23.7 Å². The maximum atomic E-state index is 13.1. The van der Waals surface area contributed by atoms with Crippen molar-refractivity contribution in [1.82, 2.24) is 10.4 Å². The summed E-state index contributed by atoms with van der Waals surface area (Å²) in [6, 6.07) is 12.7. The Labute approximate surface area is 192 Å². The van der Waals surface area contributed by atoms with Crippen molar-refractivity contribution >= 4 is 39.7 Å².